The van der Waals surface area contributed by atoms with E-state index in [9.17, 15) is 18.0 Å². The summed E-state index contributed by atoms with van der Waals surface area (Å²) in [6.07, 6.45) is 1.67. The normalized spacial score (nSPS) is 15.0. The lowest BCUT2D eigenvalue weighted by Crippen LogP contribution is -2.30. The van der Waals surface area contributed by atoms with E-state index in [2.05, 4.69) is 5.32 Å². The number of aromatic nitrogens is 2. The van der Waals surface area contributed by atoms with E-state index < -0.39 is 15.9 Å². The molecule has 0 unspecified atom stereocenters. The van der Waals surface area contributed by atoms with Crippen molar-refractivity contribution in [1.29, 1.82) is 0 Å². The van der Waals surface area contributed by atoms with Gasteiger partial charge in [-0.3, -0.25) is 13.9 Å². The van der Waals surface area contributed by atoms with E-state index in [0.29, 0.717) is 34.8 Å². The molecule has 0 bridgehead atoms. The number of amides is 1. The van der Waals surface area contributed by atoms with Gasteiger partial charge in [0.25, 0.3) is 0 Å². The summed E-state index contributed by atoms with van der Waals surface area (Å²) < 4.78 is 30.4. The zero-order valence-electron chi connectivity index (χ0n) is 17.9. The first-order chi connectivity index (χ1) is 15.2. The molecule has 0 spiro atoms. The minimum absolute atomic E-state index is 0.125. The average Bonchev–Trinajstić information content (AvgIpc) is 3.37. The molecule has 0 aliphatic carbocycles. The summed E-state index contributed by atoms with van der Waals surface area (Å²) in [5.74, 6) is -0.398. The molecular formula is C22H25ClN4O4S. The van der Waals surface area contributed by atoms with E-state index in [4.69, 9.17) is 11.6 Å². The second-order valence-electron chi connectivity index (χ2n) is 8.15. The molecule has 0 radical (unpaired) electrons. The predicted octanol–water partition coefficient (Wildman–Crippen LogP) is 3.46. The van der Waals surface area contributed by atoms with Crippen LogP contribution in [0.25, 0.3) is 11.0 Å². The van der Waals surface area contributed by atoms with Gasteiger partial charge in [0, 0.05) is 29.8 Å². The van der Waals surface area contributed by atoms with Crippen LogP contribution in [0.2, 0.25) is 5.02 Å². The molecule has 1 aliphatic rings. The molecule has 2 heterocycles. The Morgan fingerprint density at radius 1 is 1.06 bits per heavy atom. The van der Waals surface area contributed by atoms with Gasteiger partial charge in [0.1, 0.15) is 6.54 Å². The van der Waals surface area contributed by atoms with Crippen LogP contribution in [0.4, 0.5) is 5.69 Å². The van der Waals surface area contributed by atoms with Crippen LogP contribution in [0.3, 0.4) is 0 Å². The molecule has 0 atom stereocenters. The Labute approximate surface area is 191 Å². The van der Waals surface area contributed by atoms with Crippen molar-refractivity contribution in [2.24, 2.45) is 0 Å². The number of hydrogen-bond acceptors (Lipinski definition) is 4. The molecule has 10 heteroatoms. The van der Waals surface area contributed by atoms with Gasteiger partial charge in [-0.25, -0.2) is 13.2 Å². The molecular weight excluding hydrogens is 452 g/mol. The number of rotatable bonds is 6. The Morgan fingerprint density at radius 3 is 2.34 bits per heavy atom. The lowest BCUT2D eigenvalue weighted by molar-refractivity contribution is -0.116. The van der Waals surface area contributed by atoms with Crippen LogP contribution in [-0.2, 0) is 21.4 Å². The third kappa shape index (κ3) is 4.20. The van der Waals surface area contributed by atoms with Crippen molar-refractivity contribution in [2.45, 2.75) is 44.2 Å². The number of nitrogens with one attached hydrogen (secondary N) is 1. The van der Waals surface area contributed by atoms with Crippen molar-refractivity contribution in [3.05, 3.63) is 58.0 Å². The van der Waals surface area contributed by atoms with Crippen LogP contribution in [-0.4, -0.2) is 40.9 Å². The first-order valence-corrected chi connectivity index (χ1v) is 12.3. The maximum atomic E-state index is 13.1. The number of anilines is 1. The molecule has 4 rings (SSSR count). The molecule has 2 aromatic carbocycles. The number of nitrogens with zero attached hydrogens (tertiary/aromatic N) is 3. The number of fused-ring (bicyclic) bond motifs is 1. The first kappa shape index (κ1) is 22.6. The largest absolute Gasteiger partial charge is 0.329 e. The van der Waals surface area contributed by atoms with Gasteiger partial charge >= 0.3 is 5.69 Å². The van der Waals surface area contributed by atoms with Crippen LogP contribution in [0.15, 0.2) is 52.2 Å². The molecule has 1 N–H and O–H groups in total. The number of carbonyl (C=O) groups is 1. The number of hydrogen-bond donors (Lipinski definition) is 1. The van der Waals surface area contributed by atoms with Gasteiger partial charge in [-0.1, -0.05) is 11.6 Å². The molecule has 1 aliphatic heterocycles. The van der Waals surface area contributed by atoms with Crippen LogP contribution in [0.5, 0.6) is 0 Å². The fraction of sp³-hybridized carbons (Fsp3) is 0.364. The van der Waals surface area contributed by atoms with Gasteiger partial charge in [-0.15, -0.1) is 0 Å². The second-order valence-corrected chi connectivity index (χ2v) is 10.5. The van der Waals surface area contributed by atoms with E-state index in [-0.39, 0.29) is 23.2 Å². The maximum Gasteiger partial charge on any atom is 0.329 e. The van der Waals surface area contributed by atoms with E-state index in [1.807, 2.05) is 13.8 Å². The zero-order chi connectivity index (χ0) is 23.0. The van der Waals surface area contributed by atoms with Gasteiger partial charge in [0.05, 0.1) is 15.9 Å². The fourth-order valence-corrected chi connectivity index (χ4v) is 5.69. The maximum absolute atomic E-state index is 13.1. The number of halogens is 1. The van der Waals surface area contributed by atoms with Crippen LogP contribution in [0, 0.1) is 0 Å². The highest BCUT2D eigenvalue weighted by molar-refractivity contribution is 7.89. The smallest absolute Gasteiger partial charge is 0.325 e. The Hall–Kier alpha value is -2.62. The van der Waals surface area contributed by atoms with Crippen LogP contribution >= 0.6 is 11.6 Å². The summed E-state index contributed by atoms with van der Waals surface area (Å²) in [6, 6.07) is 11.2. The molecule has 3 aromatic rings. The molecule has 1 amide bonds. The Morgan fingerprint density at radius 2 is 1.72 bits per heavy atom. The van der Waals surface area contributed by atoms with Gasteiger partial charge in [-0.05, 0) is 69.2 Å². The highest BCUT2D eigenvalue weighted by Gasteiger charge is 2.28. The summed E-state index contributed by atoms with van der Waals surface area (Å²) in [4.78, 5) is 26.0. The lowest BCUT2D eigenvalue weighted by atomic mass is 10.3. The Kier molecular flexibility index (Phi) is 6.15. The van der Waals surface area contributed by atoms with E-state index in [0.717, 1.165) is 12.8 Å². The van der Waals surface area contributed by atoms with Crippen molar-refractivity contribution < 1.29 is 13.2 Å². The summed E-state index contributed by atoms with van der Waals surface area (Å²) in [6.45, 7) is 4.47. The van der Waals surface area contributed by atoms with Crippen molar-refractivity contribution >= 4 is 44.3 Å². The number of sulfonamides is 1. The van der Waals surface area contributed by atoms with Gasteiger partial charge in [0.15, 0.2) is 0 Å². The average molecular weight is 477 g/mol. The van der Waals surface area contributed by atoms with Gasteiger partial charge in [0.2, 0.25) is 15.9 Å². The molecule has 170 valence electrons. The third-order valence-electron chi connectivity index (χ3n) is 5.58. The summed E-state index contributed by atoms with van der Waals surface area (Å²) in [5.41, 5.74) is 1.19. The van der Waals surface area contributed by atoms with Crippen molar-refractivity contribution in [2.75, 3.05) is 18.4 Å². The Bertz CT molecular complexity index is 1320. The van der Waals surface area contributed by atoms with E-state index in [1.54, 1.807) is 34.9 Å². The topological polar surface area (TPSA) is 93.4 Å². The molecule has 0 saturated carbocycles. The fourth-order valence-electron chi connectivity index (χ4n) is 4.03. The van der Waals surface area contributed by atoms with Gasteiger partial charge < -0.3 is 5.32 Å². The summed E-state index contributed by atoms with van der Waals surface area (Å²) >= 11 is 5.88. The monoisotopic (exact) mass is 476 g/mol. The van der Waals surface area contributed by atoms with Crippen molar-refractivity contribution in [1.82, 2.24) is 13.4 Å². The lowest BCUT2D eigenvalue weighted by Gasteiger charge is -2.16. The number of imidazole rings is 1. The molecule has 1 fully saturated rings. The van der Waals surface area contributed by atoms with E-state index in [1.165, 1.54) is 21.0 Å². The highest BCUT2D eigenvalue weighted by atomic mass is 35.5. The first-order valence-electron chi connectivity index (χ1n) is 10.5. The quantitative estimate of drug-likeness (QED) is 0.589. The van der Waals surface area contributed by atoms with Crippen molar-refractivity contribution in [3.8, 4) is 0 Å². The van der Waals surface area contributed by atoms with Crippen LogP contribution in [0.1, 0.15) is 32.7 Å². The minimum atomic E-state index is -3.66. The van der Waals surface area contributed by atoms with Crippen molar-refractivity contribution in [3.63, 3.8) is 0 Å². The zero-order valence-corrected chi connectivity index (χ0v) is 19.5. The molecule has 32 heavy (non-hydrogen) atoms. The molecule has 8 nitrogen and oxygen atoms in total. The SMILES string of the molecule is CC(C)n1c(=O)n(CC(=O)Nc2ccc(Cl)cc2)c2cc(S(=O)(=O)N3CCCC3)ccc21. The number of benzene rings is 2. The number of carbonyl (C=O) groups excluding carboxylic acids is 1. The molecule has 1 aromatic heterocycles. The minimum Gasteiger partial charge on any atom is -0.325 e. The third-order valence-corrected chi connectivity index (χ3v) is 7.73. The van der Waals surface area contributed by atoms with Gasteiger partial charge in [-0.2, -0.15) is 4.31 Å². The van der Waals surface area contributed by atoms with Crippen LogP contribution < -0.4 is 11.0 Å². The van der Waals surface area contributed by atoms with E-state index >= 15 is 0 Å². The Balaban J connectivity index is 1.74. The standard InChI is InChI=1S/C22H25ClN4O4S/c1-15(2)27-19-10-9-18(32(30,31)25-11-3-4-12-25)13-20(19)26(22(27)29)14-21(28)24-17-7-5-16(23)6-8-17/h5-10,13,15H,3-4,11-12,14H2,1-2H3,(H,24,28). The molecule has 1 saturated heterocycles. The predicted molar refractivity (Wildman–Crippen MR) is 125 cm³/mol. The summed E-state index contributed by atoms with van der Waals surface area (Å²) in [5, 5.41) is 3.29. The second kappa shape index (κ2) is 8.73. The summed E-state index contributed by atoms with van der Waals surface area (Å²) in [7, 11) is -3.66. The highest BCUT2D eigenvalue weighted by Crippen LogP contribution is 2.25.